The van der Waals surface area contributed by atoms with Gasteiger partial charge in [-0.15, -0.1) is 0 Å². The summed E-state index contributed by atoms with van der Waals surface area (Å²) < 4.78 is 0. The van der Waals surface area contributed by atoms with Gasteiger partial charge in [-0.05, 0) is 55.9 Å². The van der Waals surface area contributed by atoms with Gasteiger partial charge >= 0.3 is 0 Å². The van der Waals surface area contributed by atoms with Gasteiger partial charge in [0.25, 0.3) is 0 Å². The van der Waals surface area contributed by atoms with Crippen LogP contribution in [0.2, 0.25) is 0 Å². The molecule has 1 aliphatic rings. The van der Waals surface area contributed by atoms with E-state index in [1.54, 1.807) is 0 Å². The Balaban J connectivity index is 2.70. The zero-order chi connectivity index (χ0) is 16.8. The van der Waals surface area contributed by atoms with Crippen molar-refractivity contribution >= 4 is 5.84 Å². The molecule has 0 aromatic rings. The highest BCUT2D eigenvalue weighted by Gasteiger charge is 2.20. The SMILES string of the molecule is C=C(CCC)/C(=C\NC(C)=NC1CCC(C)CC1)C(C)(C)C. The number of rotatable bonds is 5. The summed E-state index contributed by atoms with van der Waals surface area (Å²) in [6, 6.07) is 0.508. The summed E-state index contributed by atoms with van der Waals surface area (Å²) in [5.74, 6) is 1.91. The van der Waals surface area contributed by atoms with Gasteiger partial charge < -0.3 is 5.32 Å². The van der Waals surface area contributed by atoms with Gasteiger partial charge in [0.15, 0.2) is 0 Å². The van der Waals surface area contributed by atoms with Crippen molar-refractivity contribution in [2.45, 2.75) is 86.1 Å². The minimum Gasteiger partial charge on any atom is -0.350 e. The third-order valence-corrected chi connectivity index (χ3v) is 4.53. The molecule has 0 aromatic heterocycles. The number of nitrogens with one attached hydrogen (secondary N) is 1. The monoisotopic (exact) mass is 304 g/mol. The lowest BCUT2D eigenvalue weighted by molar-refractivity contribution is 0.349. The average molecular weight is 305 g/mol. The molecule has 1 N–H and O–H groups in total. The van der Waals surface area contributed by atoms with Gasteiger partial charge in [0, 0.05) is 6.20 Å². The predicted molar refractivity (Wildman–Crippen MR) is 99.3 cm³/mol. The lowest BCUT2D eigenvalue weighted by Gasteiger charge is -2.26. The molecule has 2 nitrogen and oxygen atoms in total. The molecule has 1 rings (SSSR count). The molecule has 0 atom stereocenters. The number of hydrogen-bond donors (Lipinski definition) is 1. The highest BCUT2D eigenvalue weighted by Crippen LogP contribution is 2.32. The zero-order valence-corrected chi connectivity index (χ0v) is 15.6. The third kappa shape index (κ3) is 6.37. The first-order chi connectivity index (χ1) is 10.2. The highest BCUT2D eigenvalue weighted by atomic mass is 15.0. The molecule has 0 heterocycles. The summed E-state index contributed by atoms with van der Waals surface area (Å²) in [5, 5.41) is 3.41. The largest absolute Gasteiger partial charge is 0.350 e. The fourth-order valence-electron chi connectivity index (χ4n) is 3.14. The molecule has 0 aliphatic heterocycles. The van der Waals surface area contributed by atoms with Gasteiger partial charge in [0.2, 0.25) is 0 Å². The summed E-state index contributed by atoms with van der Waals surface area (Å²) in [4.78, 5) is 4.86. The highest BCUT2D eigenvalue weighted by molar-refractivity contribution is 5.80. The smallest absolute Gasteiger partial charge is 0.0974 e. The zero-order valence-electron chi connectivity index (χ0n) is 15.6. The molecular weight excluding hydrogens is 268 g/mol. The van der Waals surface area contributed by atoms with Crippen molar-refractivity contribution in [3.05, 3.63) is 23.9 Å². The van der Waals surface area contributed by atoms with E-state index in [4.69, 9.17) is 4.99 Å². The van der Waals surface area contributed by atoms with Gasteiger partial charge in [0.05, 0.1) is 11.9 Å². The molecule has 0 radical (unpaired) electrons. The Morgan fingerprint density at radius 3 is 2.32 bits per heavy atom. The predicted octanol–water partition coefficient (Wildman–Crippen LogP) is 5.86. The fourth-order valence-corrected chi connectivity index (χ4v) is 3.14. The van der Waals surface area contributed by atoms with Crippen molar-refractivity contribution in [1.82, 2.24) is 5.32 Å². The first-order valence-corrected chi connectivity index (χ1v) is 8.93. The molecule has 0 spiro atoms. The van der Waals surface area contributed by atoms with Crippen molar-refractivity contribution in [1.29, 1.82) is 0 Å². The van der Waals surface area contributed by atoms with E-state index in [1.807, 2.05) is 0 Å². The van der Waals surface area contributed by atoms with Crippen molar-refractivity contribution in [2.75, 3.05) is 0 Å². The maximum Gasteiger partial charge on any atom is 0.0974 e. The van der Waals surface area contributed by atoms with Gasteiger partial charge in [-0.2, -0.15) is 0 Å². The maximum atomic E-state index is 4.86. The second-order valence-corrected chi connectivity index (χ2v) is 7.93. The van der Waals surface area contributed by atoms with E-state index < -0.39 is 0 Å². The van der Waals surface area contributed by atoms with E-state index in [0.717, 1.165) is 24.6 Å². The van der Waals surface area contributed by atoms with E-state index in [9.17, 15) is 0 Å². The van der Waals surface area contributed by atoms with Gasteiger partial charge in [-0.1, -0.05) is 53.2 Å². The van der Waals surface area contributed by atoms with Crippen LogP contribution < -0.4 is 5.32 Å². The Labute approximate surface area is 138 Å². The quantitative estimate of drug-likeness (QED) is 0.384. The van der Waals surface area contributed by atoms with Crippen molar-refractivity contribution < 1.29 is 0 Å². The van der Waals surface area contributed by atoms with E-state index in [1.165, 1.54) is 36.8 Å². The van der Waals surface area contributed by atoms with Crippen molar-refractivity contribution in [3.63, 3.8) is 0 Å². The Morgan fingerprint density at radius 1 is 1.23 bits per heavy atom. The molecule has 22 heavy (non-hydrogen) atoms. The first-order valence-electron chi connectivity index (χ1n) is 8.93. The minimum atomic E-state index is 0.111. The summed E-state index contributed by atoms with van der Waals surface area (Å²) in [7, 11) is 0. The van der Waals surface area contributed by atoms with E-state index in [2.05, 4.69) is 59.6 Å². The summed E-state index contributed by atoms with van der Waals surface area (Å²) >= 11 is 0. The maximum absolute atomic E-state index is 4.86. The molecule has 1 fully saturated rings. The molecule has 0 unspecified atom stereocenters. The van der Waals surface area contributed by atoms with Crippen LogP contribution >= 0.6 is 0 Å². The van der Waals surface area contributed by atoms with Crippen LogP contribution in [0.1, 0.15) is 80.1 Å². The Bertz CT molecular complexity index is 415. The lowest BCUT2D eigenvalue weighted by atomic mass is 9.81. The standard InChI is InChI=1S/C20H36N2/c1-8-9-16(3)19(20(5,6)7)14-21-17(4)22-18-12-10-15(2)11-13-18/h14-15,18H,3,8-13H2,1-2,4-7H3,(H,21,22)/b19-14+. The molecule has 126 valence electrons. The first kappa shape index (κ1) is 19.0. The second kappa shape index (κ2) is 8.55. The van der Waals surface area contributed by atoms with E-state index >= 15 is 0 Å². The van der Waals surface area contributed by atoms with Crippen LogP contribution in [0.5, 0.6) is 0 Å². The average Bonchev–Trinajstić information content (AvgIpc) is 2.40. The summed E-state index contributed by atoms with van der Waals surface area (Å²) in [5.41, 5.74) is 2.66. The third-order valence-electron chi connectivity index (χ3n) is 4.53. The Kier molecular flexibility index (Phi) is 7.38. The van der Waals surface area contributed by atoms with Crippen molar-refractivity contribution in [2.24, 2.45) is 16.3 Å². The summed E-state index contributed by atoms with van der Waals surface area (Å²) in [6.07, 6.45) is 9.43. The van der Waals surface area contributed by atoms with Crippen molar-refractivity contribution in [3.8, 4) is 0 Å². The molecule has 0 aromatic carbocycles. The molecule has 0 bridgehead atoms. The number of hydrogen-bond acceptors (Lipinski definition) is 1. The van der Waals surface area contributed by atoms with Gasteiger partial charge in [-0.25, -0.2) is 0 Å². The van der Waals surface area contributed by atoms with Crippen LogP contribution in [0.3, 0.4) is 0 Å². The fraction of sp³-hybridized carbons (Fsp3) is 0.750. The molecular formula is C20H36N2. The van der Waals surface area contributed by atoms with Crippen LogP contribution in [0.25, 0.3) is 0 Å². The van der Waals surface area contributed by atoms with Crippen LogP contribution in [-0.4, -0.2) is 11.9 Å². The molecule has 1 saturated carbocycles. The number of aliphatic imine (C=N–C) groups is 1. The minimum absolute atomic E-state index is 0.111. The Hall–Kier alpha value is -1.05. The van der Waals surface area contributed by atoms with Crippen LogP contribution in [0, 0.1) is 11.3 Å². The van der Waals surface area contributed by atoms with E-state index in [-0.39, 0.29) is 5.41 Å². The second-order valence-electron chi connectivity index (χ2n) is 7.93. The van der Waals surface area contributed by atoms with Gasteiger partial charge in [-0.3, -0.25) is 4.99 Å². The summed E-state index contributed by atoms with van der Waals surface area (Å²) in [6.45, 7) is 17.6. The van der Waals surface area contributed by atoms with Crippen LogP contribution in [0.4, 0.5) is 0 Å². The Morgan fingerprint density at radius 2 is 1.82 bits per heavy atom. The topological polar surface area (TPSA) is 24.4 Å². The molecule has 0 amide bonds. The molecule has 2 heteroatoms. The molecule has 0 saturated heterocycles. The normalized spacial score (nSPS) is 24.3. The van der Waals surface area contributed by atoms with Crippen LogP contribution in [-0.2, 0) is 0 Å². The lowest BCUT2D eigenvalue weighted by Crippen LogP contribution is -2.23. The molecule has 1 aliphatic carbocycles. The number of amidine groups is 1. The number of nitrogens with zero attached hydrogens (tertiary/aromatic N) is 1. The van der Waals surface area contributed by atoms with E-state index in [0.29, 0.717) is 6.04 Å². The number of allylic oxidation sites excluding steroid dienone is 2. The van der Waals surface area contributed by atoms with Crippen LogP contribution in [0.15, 0.2) is 28.9 Å². The van der Waals surface area contributed by atoms with Gasteiger partial charge in [0.1, 0.15) is 0 Å².